The van der Waals surface area contributed by atoms with E-state index in [2.05, 4.69) is 26.2 Å². The number of aromatic amines is 1. The number of nitrogens with two attached hydrogens (primary N) is 1. The molecule has 0 radical (unpaired) electrons. The summed E-state index contributed by atoms with van der Waals surface area (Å²) in [5, 5.41) is 5.48. The Morgan fingerprint density at radius 1 is 1.33 bits per heavy atom. The number of carbonyl (C=O) groups excluding carboxylic acids is 2. The summed E-state index contributed by atoms with van der Waals surface area (Å²) in [5.74, 6) is -0.500. The van der Waals surface area contributed by atoms with Crippen molar-refractivity contribution in [2.75, 3.05) is 5.32 Å². The number of carbonyl (C=O) groups is 2. The number of fused-ring (bicyclic) bond motifs is 1. The van der Waals surface area contributed by atoms with Crippen molar-refractivity contribution in [1.82, 2.24) is 4.98 Å². The largest absolute Gasteiger partial charge is 0.359 e. The molecule has 1 aromatic carbocycles. The Kier molecular flexibility index (Phi) is 6.17. The van der Waals surface area contributed by atoms with Crippen LogP contribution in [0.4, 0.5) is 5.69 Å². The summed E-state index contributed by atoms with van der Waals surface area (Å²) < 4.78 is 0.914. The molecule has 0 bridgehead atoms. The molecule has 8 heteroatoms. The number of anilines is 1. The van der Waals surface area contributed by atoms with E-state index in [0.29, 0.717) is 10.6 Å². The first kappa shape index (κ1) is 18.7. The first-order valence-electron chi connectivity index (χ1n) is 6.94. The summed E-state index contributed by atoms with van der Waals surface area (Å²) in [4.78, 5) is 27.9. The molecule has 0 aliphatic heterocycles. The Bertz CT molecular complexity index is 863. The van der Waals surface area contributed by atoms with Crippen molar-refractivity contribution in [1.29, 1.82) is 0 Å². The van der Waals surface area contributed by atoms with Crippen molar-refractivity contribution in [2.45, 2.75) is 12.5 Å². The van der Waals surface area contributed by atoms with Crippen LogP contribution in [0.5, 0.6) is 0 Å². The van der Waals surface area contributed by atoms with Crippen molar-refractivity contribution in [3.05, 3.63) is 51.3 Å². The molecule has 1 amide bonds. The van der Waals surface area contributed by atoms with Crippen LogP contribution in [-0.4, -0.2) is 22.7 Å². The van der Waals surface area contributed by atoms with Crippen LogP contribution in [0, 0.1) is 0 Å². The molecule has 5 nitrogen and oxygen atoms in total. The van der Waals surface area contributed by atoms with Gasteiger partial charge in [-0.05, 0) is 29.6 Å². The first-order valence-corrected chi connectivity index (χ1v) is 8.61. The van der Waals surface area contributed by atoms with Crippen LogP contribution in [0.25, 0.3) is 10.9 Å². The molecule has 0 saturated carbocycles. The highest BCUT2D eigenvalue weighted by Crippen LogP contribution is 2.26. The van der Waals surface area contributed by atoms with Crippen LogP contribution in [-0.2, 0) is 4.79 Å². The van der Waals surface area contributed by atoms with Crippen molar-refractivity contribution >= 4 is 68.0 Å². The maximum atomic E-state index is 12.2. The zero-order chi connectivity index (χ0) is 16.4. The fraction of sp³-hybridized carbons (Fsp3) is 0.125. The lowest BCUT2D eigenvalue weighted by Crippen LogP contribution is -2.37. The summed E-state index contributed by atoms with van der Waals surface area (Å²) in [6.07, 6.45) is 1.70. The van der Waals surface area contributed by atoms with Crippen molar-refractivity contribution in [2.24, 2.45) is 5.73 Å². The number of aromatic nitrogens is 1. The van der Waals surface area contributed by atoms with E-state index < -0.39 is 6.04 Å². The molecule has 4 N–H and O–H groups in total. The predicted molar refractivity (Wildman–Crippen MR) is 103 cm³/mol. The monoisotopic (exact) mass is 427 g/mol. The van der Waals surface area contributed by atoms with Gasteiger partial charge in [0.05, 0.1) is 16.6 Å². The highest BCUT2D eigenvalue weighted by Gasteiger charge is 2.20. The fourth-order valence-electron chi connectivity index (χ4n) is 2.25. The molecule has 24 heavy (non-hydrogen) atoms. The van der Waals surface area contributed by atoms with Crippen molar-refractivity contribution in [3.8, 4) is 0 Å². The molecule has 2 aromatic heterocycles. The first-order chi connectivity index (χ1) is 11.0. The van der Waals surface area contributed by atoms with Gasteiger partial charge < -0.3 is 16.0 Å². The number of amides is 1. The zero-order valence-electron chi connectivity index (χ0n) is 12.4. The van der Waals surface area contributed by atoms with Gasteiger partial charge in [-0.25, -0.2) is 0 Å². The standard InChI is InChI=1S/C16H14BrN3O2S.ClH/c17-9-3-4-12-10(6-9)13(8-19-12)20-16(22)11(18)7-14(21)15-2-1-5-23-15;/h1-6,8,11,19H,7,18H2,(H,20,22);1H. The Labute approximate surface area is 157 Å². The van der Waals surface area contributed by atoms with Crippen LogP contribution >= 0.6 is 39.7 Å². The minimum Gasteiger partial charge on any atom is -0.359 e. The molecule has 1 atom stereocenters. The maximum Gasteiger partial charge on any atom is 0.241 e. The van der Waals surface area contributed by atoms with Gasteiger partial charge in [-0.1, -0.05) is 22.0 Å². The van der Waals surface area contributed by atoms with E-state index >= 15 is 0 Å². The molecule has 126 valence electrons. The maximum absolute atomic E-state index is 12.2. The summed E-state index contributed by atoms with van der Waals surface area (Å²) in [7, 11) is 0. The molecule has 0 fully saturated rings. The smallest absolute Gasteiger partial charge is 0.241 e. The number of nitrogens with one attached hydrogen (secondary N) is 2. The lowest BCUT2D eigenvalue weighted by atomic mass is 10.1. The number of Topliss-reactive ketones (excluding diaryl/α,β-unsaturated/α-hetero) is 1. The molecular formula is C16H15BrClN3O2S. The van der Waals surface area contributed by atoms with Crippen LogP contribution in [0.15, 0.2) is 46.4 Å². The summed E-state index contributed by atoms with van der Waals surface area (Å²) in [6.45, 7) is 0. The summed E-state index contributed by atoms with van der Waals surface area (Å²) in [6, 6.07) is 8.37. The Balaban J connectivity index is 0.00000208. The van der Waals surface area contributed by atoms with Gasteiger partial charge in [-0.3, -0.25) is 9.59 Å². The SMILES string of the molecule is Cl.NC(CC(=O)c1cccs1)C(=O)Nc1c[nH]c2ccc(Br)cc12. The minimum atomic E-state index is -0.887. The third kappa shape index (κ3) is 4.05. The Hall–Kier alpha value is -1.67. The second-order valence-electron chi connectivity index (χ2n) is 5.09. The molecular weight excluding hydrogens is 414 g/mol. The molecule has 0 aliphatic carbocycles. The van der Waals surface area contributed by atoms with Gasteiger partial charge in [0.1, 0.15) is 0 Å². The van der Waals surface area contributed by atoms with Gasteiger partial charge in [-0.15, -0.1) is 23.7 Å². The number of ketones is 1. The van der Waals surface area contributed by atoms with Gasteiger partial charge in [0.2, 0.25) is 5.91 Å². The van der Waals surface area contributed by atoms with Crippen LogP contribution in [0.3, 0.4) is 0 Å². The molecule has 3 rings (SSSR count). The quantitative estimate of drug-likeness (QED) is 0.538. The van der Waals surface area contributed by atoms with E-state index in [1.807, 2.05) is 23.6 Å². The lowest BCUT2D eigenvalue weighted by Gasteiger charge is -2.10. The van der Waals surface area contributed by atoms with E-state index in [1.54, 1.807) is 18.3 Å². The topological polar surface area (TPSA) is 88.0 Å². The third-order valence-electron chi connectivity index (χ3n) is 3.44. The van der Waals surface area contributed by atoms with E-state index in [4.69, 9.17) is 5.73 Å². The van der Waals surface area contributed by atoms with Gasteiger partial charge in [0, 0.05) is 28.0 Å². The molecule has 1 unspecified atom stereocenters. The van der Waals surface area contributed by atoms with Gasteiger partial charge >= 0.3 is 0 Å². The van der Waals surface area contributed by atoms with Crippen LogP contribution in [0.2, 0.25) is 0 Å². The average Bonchev–Trinajstić information content (AvgIpc) is 3.17. The molecule has 0 aliphatic rings. The Morgan fingerprint density at radius 3 is 2.83 bits per heavy atom. The number of H-pyrrole nitrogens is 1. The van der Waals surface area contributed by atoms with E-state index in [0.717, 1.165) is 15.4 Å². The Morgan fingerprint density at radius 2 is 2.12 bits per heavy atom. The van der Waals surface area contributed by atoms with Gasteiger partial charge in [0.25, 0.3) is 0 Å². The van der Waals surface area contributed by atoms with Crippen molar-refractivity contribution in [3.63, 3.8) is 0 Å². The number of rotatable bonds is 5. The molecule has 2 heterocycles. The average molecular weight is 429 g/mol. The summed E-state index contributed by atoms with van der Waals surface area (Å²) in [5.41, 5.74) is 7.42. The number of benzene rings is 1. The number of hydrogen-bond donors (Lipinski definition) is 3. The minimum absolute atomic E-state index is 0. The van der Waals surface area contributed by atoms with Crippen LogP contribution < -0.4 is 11.1 Å². The highest BCUT2D eigenvalue weighted by molar-refractivity contribution is 9.10. The molecule has 3 aromatic rings. The summed E-state index contributed by atoms with van der Waals surface area (Å²) >= 11 is 4.75. The number of thiophene rings is 1. The van der Waals surface area contributed by atoms with E-state index in [9.17, 15) is 9.59 Å². The van der Waals surface area contributed by atoms with Crippen molar-refractivity contribution < 1.29 is 9.59 Å². The third-order valence-corrected chi connectivity index (χ3v) is 4.84. The zero-order valence-corrected chi connectivity index (χ0v) is 15.6. The number of hydrogen-bond acceptors (Lipinski definition) is 4. The number of halogens is 2. The van der Waals surface area contributed by atoms with Gasteiger partial charge in [0.15, 0.2) is 5.78 Å². The van der Waals surface area contributed by atoms with E-state index in [-0.39, 0.29) is 30.5 Å². The second-order valence-corrected chi connectivity index (χ2v) is 6.96. The normalized spacial score (nSPS) is 11.8. The van der Waals surface area contributed by atoms with E-state index in [1.165, 1.54) is 11.3 Å². The molecule has 0 spiro atoms. The van der Waals surface area contributed by atoms with Gasteiger partial charge in [-0.2, -0.15) is 0 Å². The van der Waals surface area contributed by atoms with Crippen LogP contribution in [0.1, 0.15) is 16.1 Å². The fourth-order valence-corrected chi connectivity index (χ4v) is 3.29. The molecule has 0 saturated heterocycles. The second kappa shape index (κ2) is 7.94. The highest BCUT2D eigenvalue weighted by atomic mass is 79.9. The predicted octanol–water partition coefficient (Wildman–Crippen LogP) is 3.95. The lowest BCUT2D eigenvalue weighted by molar-refractivity contribution is -0.117.